The number of rotatable bonds is 3. The molecule has 0 aliphatic rings. The van der Waals surface area contributed by atoms with Crippen molar-refractivity contribution in [1.82, 2.24) is 0 Å². The number of hydrogen-bond acceptors (Lipinski definition) is 4. The van der Waals surface area contributed by atoms with Crippen LogP contribution in [0, 0.1) is 0 Å². The molecule has 0 bridgehead atoms. The number of hydrogen-bond donors (Lipinski definition) is 1. The van der Waals surface area contributed by atoms with Gasteiger partial charge in [0.2, 0.25) is 0 Å². The van der Waals surface area contributed by atoms with Crippen molar-refractivity contribution in [3.05, 3.63) is 24.3 Å². The molecule has 0 aromatic heterocycles. The molecule has 12 heavy (non-hydrogen) atoms. The lowest BCUT2D eigenvalue weighted by molar-refractivity contribution is 0.414. The maximum atomic E-state index is 5.01. The van der Waals surface area contributed by atoms with Crippen molar-refractivity contribution in [2.24, 2.45) is 10.9 Å². The fraction of sp³-hybridized carbons (Fsp3) is 0.125. The standard InChI is InChI=1S/C8H10N2OS/c1-11-7-2-4-8(5-3-7)12-6-10-9/h2-6H,9H2,1H3/b10-6+. The van der Waals surface area contributed by atoms with Gasteiger partial charge < -0.3 is 10.6 Å². The van der Waals surface area contributed by atoms with Crippen molar-refractivity contribution in [1.29, 1.82) is 0 Å². The lowest BCUT2D eigenvalue weighted by Crippen LogP contribution is -1.82. The van der Waals surface area contributed by atoms with Crippen LogP contribution in [0.25, 0.3) is 0 Å². The van der Waals surface area contributed by atoms with Gasteiger partial charge in [0.25, 0.3) is 0 Å². The summed E-state index contributed by atoms with van der Waals surface area (Å²) in [7, 11) is 1.64. The largest absolute Gasteiger partial charge is 0.497 e. The summed E-state index contributed by atoms with van der Waals surface area (Å²) < 4.78 is 5.01. The molecule has 0 atom stereocenters. The van der Waals surface area contributed by atoms with E-state index in [1.807, 2.05) is 24.3 Å². The van der Waals surface area contributed by atoms with Crippen LogP contribution in [-0.4, -0.2) is 12.7 Å². The minimum absolute atomic E-state index is 0.851. The Morgan fingerprint density at radius 3 is 2.58 bits per heavy atom. The van der Waals surface area contributed by atoms with Crippen molar-refractivity contribution in [3.8, 4) is 5.75 Å². The molecule has 0 fully saturated rings. The van der Waals surface area contributed by atoms with E-state index in [-0.39, 0.29) is 0 Å². The van der Waals surface area contributed by atoms with Crippen LogP contribution in [0.2, 0.25) is 0 Å². The molecule has 0 radical (unpaired) electrons. The number of benzene rings is 1. The zero-order valence-corrected chi connectivity index (χ0v) is 7.54. The summed E-state index contributed by atoms with van der Waals surface area (Å²) >= 11 is 1.47. The minimum Gasteiger partial charge on any atom is -0.497 e. The van der Waals surface area contributed by atoms with Gasteiger partial charge in [-0.3, -0.25) is 0 Å². The number of ether oxygens (including phenoxy) is 1. The predicted molar refractivity (Wildman–Crippen MR) is 51.5 cm³/mol. The number of methoxy groups -OCH3 is 1. The second kappa shape index (κ2) is 4.66. The van der Waals surface area contributed by atoms with Crippen LogP contribution in [0.3, 0.4) is 0 Å². The monoisotopic (exact) mass is 182 g/mol. The predicted octanol–water partition coefficient (Wildman–Crippen LogP) is 1.69. The Kier molecular flexibility index (Phi) is 3.47. The summed E-state index contributed by atoms with van der Waals surface area (Å²) in [6.07, 6.45) is 0. The van der Waals surface area contributed by atoms with Crippen LogP contribution >= 0.6 is 11.8 Å². The van der Waals surface area contributed by atoms with Crippen molar-refractivity contribution in [3.63, 3.8) is 0 Å². The molecule has 0 aliphatic carbocycles. The van der Waals surface area contributed by atoms with Crippen LogP contribution in [-0.2, 0) is 0 Å². The minimum atomic E-state index is 0.851. The van der Waals surface area contributed by atoms with E-state index in [1.165, 1.54) is 11.8 Å². The average molecular weight is 182 g/mol. The van der Waals surface area contributed by atoms with Crippen LogP contribution in [0.15, 0.2) is 34.3 Å². The topological polar surface area (TPSA) is 47.6 Å². The second-order valence-corrected chi connectivity index (χ2v) is 2.97. The molecule has 3 nitrogen and oxygen atoms in total. The third kappa shape index (κ3) is 2.47. The Bertz CT molecular complexity index is 258. The molecule has 0 saturated carbocycles. The van der Waals surface area contributed by atoms with Crippen molar-refractivity contribution >= 4 is 17.3 Å². The Labute approximate surface area is 75.6 Å². The number of thioether (sulfide) groups is 1. The van der Waals surface area contributed by atoms with Gasteiger partial charge in [-0.15, -0.1) is 0 Å². The highest BCUT2D eigenvalue weighted by Gasteiger charge is 1.91. The molecule has 0 spiro atoms. The van der Waals surface area contributed by atoms with Gasteiger partial charge in [0.1, 0.15) is 5.75 Å². The van der Waals surface area contributed by atoms with E-state index in [1.54, 1.807) is 12.7 Å². The molecule has 1 aromatic rings. The highest BCUT2D eigenvalue weighted by atomic mass is 32.2. The summed E-state index contributed by atoms with van der Waals surface area (Å²) in [6.45, 7) is 0. The molecule has 2 N–H and O–H groups in total. The molecule has 1 rings (SSSR count). The highest BCUT2D eigenvalue weighted by molar-refractivity contribution is 8.12. The molecule has 64 valence electrons. The van der Waals surface area contributed by atoms with E-state index in [2.05, 4.69) is 5.10 Å². The zero-order valence-electron chi connectivity index (χ0n) is 6.73. The first-order valence-electron chi connectivity index (χ1n) is 3.39. The summed E-state index contributed by atoms with van der Waals surface area (Å²) in [5, 5.41) is 3.38. The molecule has 4 heteroatoms. The lowest BCUT2D eigenvalue weighted by atomic mass is 10.3. The van der Waals surface area contributed by atoms with Crippen LogP contribution in [0.4, 0.5) is 0 Å². The summed E-state index contributed by atoms with van der Waals surface area (Å²) in [4.78, 5) is 1.09. The van der Waals surface area contributed by atoms with E-state index in [9.17, 15) is 0 Å². The van der Waals surface area contributed by atoms with Crippen LogP contribution < -0.4 is 10.6 Å². The van der Waals surface area contributed by atoms with Crippen molar-refractivity contribution < 1.29 is 4.74 Å². The first kappa shape index (κ1) is 8.93. The van der Waals surface area contributed by atoms with Gasteiger partial charge >= 0.3 is 0 Å². The molecule has 0 amide bonds. The van der Waals surface area contributed by atoms with Gasteiger partial charge in [0.15, 0.2) is 0 Å². The zero-order chi connectivity index (χ0) is 8.81. The van der Waals surface area contributed by atoms with Gasteiger partial charge in [-0.1, -0.05) is 11.8 Å². The second-order valence-electron chi connectivity index (χ2n) is 2.05. The average Bonchev–Trinajstić information content (AvgIpc) is 2.15. The third-order valence-electron chi connectivity index (χ3n) is 1.31. The van der Waals surface area contributed by atoms with Crippen LogP contribution in [0.5, 0.6) is 5.75 Å². The third-order valence-corrected chi connectivity index (χ3v) is 2.08. The van der Waals surface area contributed by atoms with Gasteiger partial charge in [-0.25, -0.2) is 0 Å². The van der Waals surface area contributed by atoms with Crippen LogP contribution in [0.1, 0.15) is 0 Å². The lowest BCUT2D eigenvalue weighted by Gasteiger charge is -1.99. The fourth-order valence-corrected chi connectivity index (χ4v) is 1.22. The first-order valence-corrected chi connectivity index (χ1v) is 4.27. The van der Waals surface area contributed by atoms with Crippen molar-refractivity contribution in [2.75, 3.05) is 7.11 Å². The summed E-state index contributed by atoms with van der Waals surface area (Å²) in [6, 6.07) is 7.69. The smallest absolute Gasteiger partial charge is 0.118 e. The highest BCUT2D eigenvalue weighted by Crippen LogP contribution is 2.18. The van der Waals surface area contributed by atoms with E-state index >= 15 is 0 Å². The van der Waals surface area contributed by atoms with Gasteiger partial charge in [0, 0.05) is 4.90 Å². The van der Waals surface area contributed by atoms with Gasteiger partial charge in [0.05, 0.1) is 12.7 Å². The number of nitrogens with two attached hydrogens (primary N) is 1. The maximum Gasteiger partial charge on any atom is 0.118 e. The molecular weight excluding hydrogens is 172 g/mol. The van der Waals surface area contributed by atoms with Crippen molar-refractivity contribution in [2.45, 2.75) is 4.90 Å². The summed E-state index contributed by atoms with van der Waals surface area (Å²) in [5.41, 5.74) is 1.59. The Balaban J connectivity index is 2.64. The normalized spacial score (nSPS) is 10.4. The van der Waals surface area contributed by atoms with E-state index in [4.69, 9.17) is 10.6 Å². The molecule has 1 aromatic carbocycles. The van der Waals surface area contributed by atoms with E-state index in [0.717, 1.165) is 10.6 Å². The molecular formula is C8H10N2OS. The Morgan fingerprint density at radius 1 is 1.42 bits per heavy atom. The quantitative estimate of drug-likeness (QED) is 0.254. The van der Waals surface area contributed by atoms with E-state index in [0.29, 0.717) is 0 Å². The maximum absolute atomic E-state index is 5.01. The Morgan fingerprint density at radius 2 is 2.08 bits per heavy atom. The molecule has 0 aliphatic heterocycles. The summed E-state index contributed by atoms with van der Waals surface area (Å²) in [5.74, 6) is 5.81. The molecule has 0 heterocycles. The molecule has 0 saturated heterocycles. The molecule has 0 unspecified atom stereocenters. The number of hydrazone groups is 1. The van der Waals surface area contributed by atoms with Gasteiger partial charge in [-0.05, 0) is 24.3 Å². The first-order chi connectivity index (χ1) is 5.86. The fourth-order valence-electron chi connectivity index (χ4n) is 0.746. The number of nitrogens with zero attached hydrogens (tertiary/aromatic N) is 1. The van der Waals surface area contributed by atoms with Gasteiger partial charge in [-0.2, -0.15) is 5.10 Å². The Hall–Kier alpha value is -1.16. The SMILES string of the molecule is COc1ccc(S/C=N/N)cc1. The van der Waals surface area contributed by atoms with E-state index < -0.39 is 0 Å².